The Labute approximate surface area is 172 Å². The molecule has 1 saturated heterocycles. The van der Waals surface area contributed by atoms with Gasteiger partial charge in [-0.1, -0.05) is 34.6 Å². The molecule has 0 radical (unpaired) electrons. The number of hydrogen-bond acceptors (Lipinski definition) is 7. The molecule has 1 aliphatic heterocycles. The Morgan fingerprint density at radius 3 is 1.93 bits per heavy atom. The number of carbonyl (C=O) groups excluding carboxylic acids is 2. The molecule has 2 atom stereocenters. The number of nitrogens with two attached hydrogens (primary N) is 2. The third kappa shape index (κ3) is 12.7. The van der Waals surface area contributed by atoms with Crippen LogP contribution in [0.15, 0.2) is 11.9 Å². The van der Waals surface area contributed by atoms with Crippen molar-refractivity contribution in [2.24, 2.45) is 22.9 Å². The molecule has 7 heteroatoms. The van der Waals surface area contributed by atoms with Gasteiger partial charge in [0.05, 0.1) is 7.11 Å². The van der Waals surface area contributed by atoms with E-state index in [9.17, 15) is 4.79 Å². The molecule has 1 aliphatic carbocycles. The molecule has 1 saturated carbocycles. The van der Waals surface area contributed by atoms with Crippen molar-refractivity contribution in [3.8, 4) is 0 Å². The third-order valence-corrected chi connectivity index (χ3v) is 4.67. The van der Waals surface area contributed by atoms with E-state index in [4.69, 9.17) is 16.4 Å². The highest BCUT2D eigenvalue weighted by Crippen LogP contribution is 2.34. The number of rotatable bonds is 5. The molecule has 4 N–H and O–H groups in total. The van der Waals surface area contributed by atoms with E-state index in [0.717, 1.165) is 30.9 Å². The van der Waals surface area contributed by atoms with Crippen LogP contribution in [0.5, 0.6) is 0 Å². The average molecular weight is 401 g/mol. The van der Waals surface area contributed by atoms with Gasteiger partial charge in [0.15, 0.2) is 0 Å². The first-order chi connectivity index (χ1) is 13.1. The lowest BCUT2D eigenvalue weighted by Gasteiger charge is -2.32. The van der Waals surface area contributed by atoms with E-state index in [2.05, 4.69) is 23.6 Å². The summed E-state index contributed by atoms with van der Waals surface area (Å²) >= 11 is 0. The fourth-order valence-electron chi connectivity index (χ4n) is 2.57. The summed E-state index contributed by atoms with van der Waals surface area (Å²) in [5, 5.41) is 1.43. The van der Waals surface area contributed by atoms with Gasteiger partial charge >= 0.3 is 0 Å². The van der Waals surface area contributed by atoms with Crippen molar-refractivity contribution in [3.05, 3.63) is 11.9 Å². The van der Waals surface area contributed by atoms with Crippen LogP contribution in [0.1, 0.15) is 67.2 Å². The number of carbonyl (C=O) groups is 2. The van der Waals surface area contributed by atoms with Gasteiger partial charge in [-0.25, -0.2) is 5.84 Å². The normalized spacial score (nSPS) is 20.2. The molecule has 0 aromatic carbocycles. The van der Waals surface area contributed by atoms with Gasteiger partial charge in [0.2, 0.25) is 0 Å². The summed E-state index contributed by atoms with van der Waals surface area (Å²) in [4.78, 5) is 22.3. The van der Waals surface area contributed by atoms with Crippen molar-refractivity contribution in [2.75, 3.05) is 20.7 Å². The molecule has 7 nitrogen and oxygen atoms in total. The average Bonchev–Trinajstić information content (AvgIpc) is 3.42. The Balaban J connectivity index is 0. The van der Waals surface area contributed by atoms with E-state index in [1.807, 2.05) is 34.6 Å². The number of hydrazine groups is 1. The predicted molar refractivity (Wildman–Crippen MR) is 116 cm³/mol. The smallest absolute Gasteiger partial charge is 0.292 e. The molecular formula is C21H44N4O3. The van der Waals surface area contributed by atoms with Gasteiger partial charge in [0.25, 0.3) is 6.47 Å². The van der Waals surface area contributed by atoms with Crippen LogP contribution in [0.4, 0.5) is 0 Å². The second-order valence-electron chi connectivity index (χ2n) is 8.10. The molecule has 28 heavy (non-hydrogen) atoms. The maximum Gasteiger partial charge on any atom is 0.292 e. The van der Waals surface area contributed by atoms with Crippen molar-refractivity contribution in [2.45, 2.75) is 79.3 Å². The van der Waals surface area contributed by atoms with Gasteiger partial charge in [-0.15, -0.1) is 0 Å². The fourth-order valence-corrected chi connectivity index (χ4v) is 2.57. The van der Waals surface area contributed by atoms with E-state index < -0.39 is 0 Å². The molecule has 0 aromatic rings. The standard InChI is InChI=1S/C11H21N3O.C6H13N.C2H4O2.C2H6/c1-11(2,3)10(7-15)14(13)6-9(12)8-4-5-8;1-6-4-3-5-7(6)2;1-4-2-3;1-2/h6-8,10H,4-5,12-13H2,1-3H3;6H,3-5H2,1-2H3;2H,1H3;1-2H3/b9-6-;;;. The van der Waals surface area contributed by atoms with Crippen LogP contribution in [0, 0.1) is 11.3 Å². The fraction of sp³-hybridized carbons (Fsp3) is 0.810. The monoisotopic (exact) mass is 400 g/mol. The van der Waals surface area contributed by atoms with Gasteiger partial charge in [0.1, 0.15) is 12.3 Å². The van der Waals surface area contributed by atoms with Gasteiger partial charge < -0.3 is 25.2 Å². The Hall–Kier alpha value is -1.60. The molecule has 2 fully saturated rings. The van der Waals surface area contributed by atoms with Gasteiger partial charge in [0, 0.05) is 23.9 Å². The number of nitrogens with zero attached hydrogens (tertiary/aromatic N) is 2. The van der Waals surface area contributed by atoms with Gasteiger partial charge in [-0.05, 0) is 51.6 Å². The lowest BCUT2D eigenvalue weighted by Crippen LogP contribution is -2.46. The molecule has 0 bridgehead atoms. The van der Waals surface area contributed by atoms with E-state index in [1.54, 1.807) is 6.20 Å². The first-order valence-electron chi connectivity index (χ1n) is 10.2. The van der Waals surface area contributed by atoms with Crippen LogP contribution in [0.25, 0.3) is 0 Å². The van der Waals surface area contributed by atoms with Crippen molar-refractivity contribution < 1.29 is 14.3 Å². The molecule has 166 valence electrons. The second kappa shape index (κ2) is 15.3. The minimum atomic E-state index is -0.338. The first kappa shape index (κ1) is 28.6. The van der Waals surface area contributed by atoms with Crippen LogP contribution in [-0.4, -0.2) is 55.5 Å². The number of ether oxygens (including phenoxy) is 1. The molecule has 2 unspecified atom stereocenters. The Bertz CT molecular complexity index is 437. The van der Waals surface area contributed by atoms with Gasteiger partial charge in [-0.2, -0.15) is 0 Å². The summed E-state index contributed by atoms with van der Waals surface area (Å²) in [6, 6.07) is 0.509. The van der Waals surface area contributed by atoms with Crippen molar-refractivity contribution in [1.29, 1.82) is 0 Å². The summed E-state index contributed by atoms with van der Waals surface area (Å²) in [5.41, 5.74) is 6.44. The minimum Gasteiger partial charge on any atom is -0.471 e. The molecular weight excluding hydrogens is 356 g/mol. The van der Waals surface area contributed by atoms with E-state index in [1.165, 1.54) is 31.5 Å². The maximum absolute atomic E-state index is 11.0. The summed E-state index contributed by atoms with van der Waals surface area (Å²) in [6.45, 7) is 13.9. The Kier molecular flexibility index (Phi) is 15.7. The van der Waals surface area contributed by atoms with E-state index in [-0.39, 0.29) is 11.5 Å². The van der Waals surface area contributed by atoms with Crippen LogP contribution < -0.4 is 11.6 Å². The highest BCUT2D eigenvalue weighted by molar-refractivity contribution is 5.59. The third-order valence-electron chi connectivity index (χ3n) is 4.67. The summed E-state index contributed by atoms with van der Waals surface area (Å²) < 4.78 is 3.86. The highest BCUT2D eigenvalue weighted by Gasteiger charge is 2.29. The number of allylic oxidation sites excluding steroid dienone is 1. The summed E-state index contributed by atoms with van der Waals surface area (Å²) in [6.07, 6.45) is 7.64. The zero-order valence-corrected chi connectivity index (χ0v) is 19.3. The summed E-state index contributed by atoms with van der Waals surface area (Å²) in [5.74, 6) is 6.30. The molecule has 2 aliphatic rings. The lowest BCUT2D eigenvalue weighted by molar-refractivity contribution is -0.126. The molecule has 0 aromatic heterocycles. The van der Waals surface area contributed by atoms with Crippen LogP contribution >= 0.6 is 0 Å². The number of aldehydes is 1. The quantitative estimate of drug-likeness (QED) is 0.415. The zero-order valence-electron chi connectivity index (χ0n) is 19.3. The maximum atomic E-state index is 11.0. The zero-order chi connectivity index (χ0) is 22.3. The van der Waals surface area contributed by atoms with Crippen molar-refractivity contribution in [3.63, 3.8) is 0 Å². The van der Waals surface area contributed by atoms with Gasteiger partial charge in [-0.3, -0.25) is 4.79 Å². The number of likely N-dealkylation sites (tertiary alicyclic amines) is 1. The van der Waals surface area contributed by atoms with Crippen LogP contribution in [0.2, 0.25) is 0 Å². The SMILES string of the molecule is CC.CC(C)(C)C(C=O)N(N)/C=C(\N)C1CC1.CC1CCCN1C.COC=O. The van der Waals surface area contributed by atoms with Crippen LogP contribution in [0.3, 0.4) is 0 Å². The number of hydrogen-bond donors (Lipinski definition) is 2. The Morgan fingerprint density at radius 2 is 1.71 bits per heavy atom. The second-order valence-corrected chi connectivity index (χ2v) is 8.10. The first-order valence-corrected chi connectivity index (χ1v) is 10.2. The molecule has 1 heterocycles. The molecule has 0 spiro atoms. The molecule has 2 rings (SSSR count). The molecule has 0 amide bonds. The van der Waals surface area contributed by atoms with Crippen molar-refractivity contribution in [1.82, 2.24) is 9.91 Å². The van der Waals surface area contributed by atoms with E-state index >= 15 is 0 Å². The number of methoxy groups -OCH3 is 1. The van der Waals surface area contributed by atoms with Crippen LogP contribution in [-0.2, 0) is 14.3 Å². The highest BCUT2D eigenvalue weighted by atomic mass is 16.5. The van der Waals surface area contributed by atoms with Crippen molar-refractivity contribution >= 4 is 12.8 Å². The predicted octanol–water partition coefficient (Wildman–Crippen LogP) is 2.90. The summed E-state index contributed by atoms with van der Waals surface area (Å²) in [7, 11) is 3.50. The Morgan fingerprint density at radius 1 is 1.21 bits per heavy atom. The lowest BCUT2D eigenvalue weighted by atomic mass is 9.87. The topological polar surface area (TPSA) is 102 Å². The largest absolute Gasteiger partial charge is 0.471 e. The van der Waals surface area contributed by atoms with E-state index in [0.29, 0.717) is 12.4 Å². The minimum absolute atomic E-state index is 0.184.